The van der Waals surface area contributed by atoms with Crippen LogP contribution in [0.1, 0.15) is 55.6 Å². The first-order valence-electron chi connectivity index (χ1n) is 13.1. The molecule has 1 heterocycles. The molecule has 2 saturated carbocycles. The Kier molecular flexibility index (Phi) is 7.28. The summed E-state index contributed by atoms with van der Waals surface area (Å²) in [7, 11) is -3.62. The number of hydrogen-bond donors (Lipinski definition) is 3. The summed E-state index contributed by atoms with van der Waals surface area (Å²) >= 11 is 0. The Morgan fingerprint density at radius 3 is 2.49 bits per heavy atom. The van der Waals surface area contributed by atoms with Gasteiger partial charge in [-0.1, -0.05) is 54.4 Å². The third kappa shape index (κ3) is 5.47. The lowest BCUT2D eigenvalue weighted by Gasteiger charge is -2.48. The van der Waals surface area contributed by atoms with Crippen LogP contribution in [-0.4, -0.2) is 39.5 Å². The van der Waals surface area contributed by atoms with Gasteiger partial charge in [-0.25, -0.2) is 13.1 Å². The molecule has 2 aromatic rings. The van der Waals surface area contributed by atoms with Crippen molar-refractivity contribution >= 4 is 15.9 Å². The minimum atomic E-state index is -3.62. The Bertz CT molecular complexity index is 1120. The molecule has 1 aliphatic heterocycles. The van der Waals surface area contributed by atoms with Crippen LogP contribution >= 0.6 is 0 Å². The van der Waals surface area contributed by atoms with E-state index in [1.165, 1.54) is 24.8 Å². The number of fused-ring (bicyclic) bond motifs is 2. The van der Waals surface area contributed by atoms with Crippen molar-refractivity contribution in [3.8, 4) is 0 Å². The van der Waals surface area contributed by atoms with Crippen LogP contribution in [0.5, 0.6) is 0 Å². The Morgan fingerprint density at radius 2 is 1.71 bits per heavy atom. The molecule has 0 radical (unpaired) electrons. The number of nitrogens with one attached hydrogen (secondary N) is 3. The Morgan fingerprint density at radius 1 is 0.943 bits per heavy atom. The number of rotatable bonds is 6. The van der Waals surface area contributed by atoms with Crippen molar-refractivity contribution in [3.63, 3.8) is 0 Å². The number of amides is 1. The van der Waals surface area contributed by atoms with Gasteiger partial charge >= 0.3 is 0 Å². The number of benzene rings is 2. The zero-order valence-corrected chi connectivity index (χ0v) is 21.3. The highest BCUT2D eigenvalue weighted by Crippen LogP contribution is 2.47. The van der Waals surface area contributed by atoms with Crippen LogP contribution in [0.4, 0.5) is 0 Å². The summed E-state index contributed by atoms with van der Waals surface area (Å²) in [6.07, 6.45) is 6.43. The molecule has 2 bridgehead atoms. The summed E-state index contributed by atoms with van der Waals surface area (Å²) in [5.74, 6) is 1.34. The fraction of sp³-hybridized carbons (Fsp3) is 0.536. The molecular weight excluding hydrogens is 458 g/mol. The van der Waals surface area contributed by atoms with Crippen LogP contribution in [0.25, 0.3) is 0 Å². The monoisotopic (exact) mass is 495 g/mol. The topological polar surface area (TPSA) is 87.3 Å². The van der Waals surface area contributed by atoms with Gasteiger partial charge in [-0.15, -0.1) is 0 Å². The third-order valence-corrected chi connectivity index (χ3v) is 9.89. The van der Waals surface area contributed by atoms with Gasteiger partial charge in [-0.3, -0.25) is 4.79 Å². The lowest BCUT2D eigenvalue weighted by molar-refractivity contribution is -0.128. The lowest BCUT2D eigenvalue weighted by Crippen LogP contribution is -2.56. The highest BCUT2D eigenvalue weighted by Gasteiger charge is 2.43. The molecule has 1 saturated heterocycles. The predicted octanol–water partition coefficient (Wildman–Crippen LogP) is 3.73. The minimum Gasteiger partial charge on any atom is -0.353 e. The third-order valence-electron chi connectivity index (χ3n) is 8.36. The van der Waals surface area contributed by atoms with Gasteiger partial charge < -0.3 is 10.6 Å². The molecule has 2 aromatic carbocycles. The number of piperidine rings is 1. The first-order valence-corrected chi connectivity index (χ1v) is 14.5. The van der Waals surface area contributed by atoms with E-state index in [9.17, 15) is 13.2 Å². The van der Waals surface area contributed by atoms with Crippen LogP contribution in [0.2, 0.25) is 0 Å². The van der Waals surface area contributed by atoms with E-state index in [2.05, 4.69) is 45.7 Å². The summed E-state index contributed by atoms with van der Waals surface area (Å²) in [6.45, 7) is 3.04. The summed E-state index contributed by atoms with van der Waals surface area (Å²) in [6, 6.07) is 17.5. The molecule has 6 nitrogen and oxygen atoms in total. The van der Waals surface area contributed by atoms with E-state index in [1.807, 2.05) is 6.92 Å². The fourth-order valence-electron chi connectivity index (χ4n) is 6.56. The highest BCUT2D eigenvalue weighted by atomic mass is 32.2. The number of hydrogen-bond acceptors (Lipinski definition) is 4. The summed E-state index contributed by atoms with van der Waals surface area (Å²) in [5, 5.41) is 6.74. The minimum absolute atomic E-state index is 0.0624. The van der Waals surface area contributed by atoms with E-state index in [0.29, 0.717) is 37.3 Å². The molecule has 5 rings (SSSR count). The van der Waals surface area contributed by atoms with Gasteiger partial charge in [0.25, 0.3) is 0 Å². The van der Waals surface area contributed by atoms with Gasteiger partial charge in [0.1, 0.15) is 0 Å². The van der Waals surface area contributed by atoms with Crippen LogP contribution in [-0.2, 0) is 14.8 Å². The number of carbonyl (C=O) groups excluding carboxylic acids is 1. The van der Waals surface area contributed by atoms with E-state index in [1.54, 1.807) is 24.3 Å². The van der Waals surface area contributed by atoms with Gasteiger partial charge in [0.2, 0.25) is 15.9 Å². The second-order valence-electron chi connectivity index (χ2n) is 10.7. The van der Waals surface area contributed by atoms with Gasteiger partial charge in [-0.2, -0.15) is 0 Å². The maximum Gasteiger partial charge on any atom is 0.240 e. The number of carbonyl (C=O) groups is 1. The standard InChI is InChI=1S/C28H37N3O3S/c1-19-10-13-24(14-11-19)35(33,34)31-23-16-22(17-29-18-23)28(32)30-27-21-8-5-9-26(27)25(15-12-21)20-6-3-2-4-7-20/h2-4,6-7,10-11,13-14,21-23,25-27,29,31H,5,8-9,12,15-18H2,1H3,(H,30,32). The van der Waals surface area contributed by atoms with Crippen LogP contribution < -0.4 is 15.4 Å². The molecule has 3 aliphatic rings. The van der Waals surface area contributed by atoms with Crippen LogP contribution in [0.15, 0.2) is 59.5 Å². The first kappa shape index (κ1) is 24.5. The number of aryl methyl sites for hydroxylation is 1. The molecule has 3 N–H and O–H groups in total. The smallest absolute Gasteiger partial charge is 0.240 e. The molecule has 2 aliphatic carbocycles. The molecule has 3 fully saturated rings. The molecule has 0 spiro atoms. The van der Waals surface area contributed by atoms with Gasteiger partial charge in [0.15, 0.2) is 0 Å². The van der Waals surface area contributed by atoms with Crippen molar-refractivity contribution in [1.82, 2.24) is 15.4 Å². The number of sulfonamides is 1. The Labute approximate surface area is 209 Å². The molecule has 1 amide bonds. The molecule has 7 heteroatoms. The van der Waals surface area contributed by atoms with Crippen molar-refractivity contribution in [2.45, 2.75) is 68.3 Å². The maximum atomic E-state index is 13.4. The average molecular weight is 496 g/mol. The second kappa shape index (κ2) is 10.4. The predicted molar refractivity (Wildman–Crippen MR) is 137 cm³/mol. The van der Waals surface area contributed by atoms with E-state index in [0.717, 1.165) is 18.4 Å². The van der Waals surface area contributed by atoms with Crippen molar-refractivity contribution in [1.29, 1.82) is 0 Å². The van der Waals surface area contributed by atoms with Crippen molar-refractivity contribution in [3.05, 3.63) is 65.7 Å². The van der Waals surface area contributed by atoms with E-state index in [4.69, 9.17) is 0 Å². The Balaban J connectivity index is 1.24. The van der Waals surface area contributed by atoms with E-state index >= 15 is 0 Å². The van der Waals surface area contributed by atoms with Crippen LogP contribution in [0.3, 0.4) is 0 Å². The first-order chi connectivity index (χ1) is 16.9. The zero-order chi connectivity index (χ0) is 24.4. The molecule has 35 heavy (non-hydrogen) atoms. The van der Waals surface area contributed by atoms with Crippen molar-refractivity contribution < 1.29 is 13.2 Å². The largest absolute Gasteiger partial charge is 0.353 e. The fourth-order valence-corrected chi connectivity index (χ4v) is 7.81. The van der Waals surface area contributed by atoms with E-state index < -0.39 is 10.0 Å². The quantitative estimate of drug-likeness (QED) is 0.570. The van der Waals surface area contributed by atoms with Gasteiger partial charge in [-0.05, 0) is 74.5 Å². The van der Waals surface area contributed by atoms with Crippen molar-refractivity contribution in [2.24, 2.45) is 17.8 Å². The molecule has 6 atom stereocenters. The molecule has 188 valence electrons. The zero-order valence-electron chi connectivity index (χ0n) is 20.5. The van der Waals surface area contributed by atoms with Gasteiger partial charge in [0.05, 0.1) is 10.8 Å². The summed E-state index contributed by atoms with van der Waals surface area (Å²) < 4.78 is 28.6. The van der Waals surface area contributed by atoms with Gasteiger partial charge in [0, 0.05) is 25.2 Å². The normalized spacial score (nSPS) is 31.0. The average Bonchev–Trinajstić information content (AvgIpc) is 2.85. The highest BCUT2D eigenvalue weighted by molar-refractivity contribution is 7.89. The lowest BCUT2D eigenvalue weighted by atomic mass is 9.62. The van der Waals surface area contributed by atoms with E-state index in [-0.39, 0.29) is 28.8 Å². The molecule has 0 aromatic heterocycles. The van der Waals surface area contributed by atoms with Crippen LogP contribution in [0, 0.1) is 24.7 Å². The molecule has 6 unspecified atom stereocenters. The SMILES string of the molecule is Cc1ccc(S(=O)(=O)NC2CNCC(C(=O)NC3C4CCCC3C(c3ccccc3)CC4)C2)cc1. The molecular formula is C28H37N3O3S. The summed E-state index contributed by atoms with van der Waals surface area (Å²) in [5.41, 5.74) is 2.41. The maximum absolute atomic E-state index is 13.4. The van der Waals surface area contributed by atoms with Crippen molar-refractivity contribution in [2.75, 3.05) is 13.1 Å². The Hall–Kier alpha value is -2.22. The summed E-state index contributed by atoms with van der Waals surface area (Å²) in [4.78, 5) is 13.7. The second-order valence-corrected chi connectivity index (χ2v) is 12.4.